The van der Waals surface area contributed by atoms with E-state index in [2.05, 4.69) is 0 Å². The normalized spacial score (nSPS) is 11.7. The number of carboxylic acids is 1. The third kappa shape index (κ3) is 3.23. The van der Waals surface area contributed by atoms with Gasteiger partial charge in [0.05, 0.1) is 5.97 Å². The molecule has 0 saturated carbocycles. The molecule has 0 fully saturated rings. The summed E-state index contributed by atoms with van der Waals surface area (Å²) in [4.78, 5) is 23.2. The zero-order valence-corrected chi connectivity index (χ0v) is 10.9. The van der Waals surface area contributed by atoms with E-state index < -0.39 is 17.9 Å². The molecular formula is C16H13O4-. The van der Waals surface area contributed by atoms with E-state index in [0.29, 0.717) is 11.3 Å². The molecule has 2 rings (SSSR count). The number of hydrogen-bond acceptors (Lipinski definition) is 4. The Morgan fingerprint density at radius 1 is 1.05 bits per heavy atom. The minimum Gasteiger partial charge on any atom is -0.549 e. The van der Waals surface area contributed by atoms with E-state index in [-0.39, 0.29) is 0 Å². The third-order valence-corrected chi connectivity index (χ3v) is 2.81. The summed E-state index contributed by atoms with van der Waals surface area (Å²) in [5, 5.41) is 11.2. The zero-order chi connectivity index (χ0) is 14.5. The maximum absolute atomic E-state index is 12.0. The number of benzene rings is 2. The van der Waals surface area contributed by atoms with E-state index in [9.17, 15) is 14.7 Å². The number of carbonyl (C=O) groups excluding carboxylic acids is 2. The Bertz CT molecular complexity index is 619. The van der Waals surface area contributed by atoms with Crippen LogP contribution in [0.15, 0.2) is 54.6 Å². The maximum atomic E-state index is 12.0. The van der Waals surface area contributed by atoms with Crippen LogP contribution in [0.25, 0.3) is 0 Å². The summed E-state index contributed by atoms with van der Waals surface area (Å²) in [7, 11) is 0. The molecule has 2 aromatic rings. The lowest BCUT2D eigenvalue weighted by Gasteiger charge is -2.17. The topological polar surface area (TPSA) is 66.4 Å². The van der Waals surface area contributed by atoms with Crippen LogP contribution in [0.4, 0.5) is 0 Å². The molecule has 2 aromatic carbocycles. The van der Waals surface area contributed by atoms with Crippen LogP contribution in [0.5, 0.6) is 5.75 Å². The molecule has 0 amide bonds. The summed E-state index contributed by atoms with van der Waals surface area (Å²) in [6.07, 6.45) is 0. The highest BCUT2D eigenvalue weighted by Gasteiger charge is 2.24. The highest BCUT2D eigenvalue weighted by Crippen LogP contribution is 2.20. The number of aryl methyl sites for hydroxylation is 1. The van der Waals surface area contributed by atoms with E-state index in [4.69, 9.17) is 4.74 Å². The van der Waals surface area contributed by atoms with Crippen molar-refractivity contribution in [3.63, 3.8) is 0 Å². The van der Waals surface area contributed by atoms with Crippen LogP contribution in [-0.2, 0) is 9.59 Å². The Balaban J connectivity index is 2.23. The molecule has 102 valence electrons. The van der Waals surface area contributed by atoms with Crippen LogP contribution in [-0.4, -0.2) is 11.9 Å². The zero-order valence-electron chi connectivity index (χ0n) is 10.9. The number of carbonyl (C=O) groups is 2. The van der Waals surface area contributed by atoms with Crippen LogP contribution in [0.2, 0.25) is 0 Å². The van der Waals surface area contributed by atoms with E-state index in [0.717, 1.165) is 5.56 Å². The van der Waals surface area contributed by atoms with Crippen molar-refractivity contribution >= 4 is 11.9 Å². The number of carboxylic acid groups (broad SMARTS) is 1. The fourth-order valence-electron chi connectivity index (χ4n) is 1.87. The van der Waals surface area contributed by atoms with Crippen molar-refractivity contribution in [2.75, 3.05) is 0 Å². The molecule has 0 aliphatic rings. The first-order valence-electron chi connectivity index (χ1n) is 6.12. The van der Waals surface area contributed by atoms with E-state index in [1.54, 1.807) is 48.5 Å². The second-order valence-electron chi connectivity index (χ2n) is 4.40. The van der Waals surface area contributed by atoms with Crippen LogP contribution in [0, 0.1) is 6.92 Å². The fraction of sp³-hybridized carbons (Fsp3) is 0.125. The predicted octanol–water partition coefficient (Wildman–Crippen LogP) is 1.43. The molecule has 0 heterocycles. The molecule has 0 saturated heterocycles. The molecule has 0 spiro atoms. The molecule has 0 N–H and O–H groups in total. The molecule has 0 radical (unpaired) electrons. The molecule has 0 aliphatic heterocycles. The summed E-state index contributed by atoms with van der Waals surface area (Å²) >= 11 is 0. The second kappa shape index (κ2) is 6.02. The predicted molar refractivity (Wildman–Crippen MR) is 71.0 cm³/mol. The molecule has 1 unspecified atom stereocenters. The minimum atomic E-state index is -1.48. The first kappa shape index (κ1) is 13.8. The molecule has 1 atom stereocenters. The lowest BCUT2D eigenvalue weighted by atomic mass is 10.00. The van der Waals surface area contributed by atoms with Gasteiger partial charge in [0.15, 0.2) is 0 Å². The summed E-state index contributed by atoms with van der Waals surface area (Å²) < 4.78 is 5.11. The summed E-state index contributed by atoms with van der Waals surface area (Å²) in [5.74, 6) is -3.45. The van der Waals surface area contributed by atoms with Crippen molar-refractivity contribution in [3.05, 3.63) is 65.7 Å². The Hall–Kier alpha value is -2.62. The minimum absolute atomic E-state index is 0.317. The third-order valence-electron chi connectivity index (χ3n) is 2.81. The first-order chi connectivity index (χ1) is 9.58. The van der Waals surface area contributed by atoms with Crippen molar-refractivity contribution in [2.45, 2.75) is 12.8 Å². The van der Waals surface area contributed by atoms with Crippen molar-refractivity contribution in [2.24, 2.45) is 0 Å². The van der Waals surface area contributed by atoms with Gasteiger partial charge in [0.25, 0.3) is 0 Å². The average Bonchev–Trinajstić information content (AvgIpc) is 2.39. The monoisotopic (exact) mass is 269 g/mol. The van der Waals surface area contributed by atoms with Gasteiger partial charge < -0.3 is 14.6 Å². The van der Waals surface area contributed by atoms with E-state index in [1.807, 2.05) is 13.0 Å². The van der Waals surface area contributed by atoms with Gasteiger partial charge >= 0.3 is 5.97 Å². The van der Waals surface area contributed by atoms with Crippen LogP contribution in [0.1, 0.15) is 17.0 Å². The fourth-order valence-corrected chi connectivity index (χ4v) is 1.87. The van der Waals surface area contributed by atoms with Gasteiger partial charge in [-0.05, 0) is 30.2 Å². The lowest BCUT2D eigenvalue weighted by Crippen LogP contribution is -2.36. The molecule has 4 heteroatoms. The molecular weight excluding hydrogens is 256 g/mol. The van der Waals surface area contributed by atoms with Gasteiger partial charge in [0, 0.05) is 0 Å². The van der Waals surface area contributed by atoms with Gasteiger partial charge in [-0.2, -0.15) is 0 Å². The standard InChI is InChI=1S/C16H14O4/c1-11-6-5-9-13(10-11)20-16(19)14(15(17)18)12-7-3-2-4-8-12/h2-10,14H,1H3,(H,17,18)/p-1. The first-order valence-corrected chi connectivity index (χ1v) is 6.12. The molecule has 0 aromatic heterocycles. The van der Waals surface area contributed by atoms with Crippen LogP contribution >= 0.6 is 0 Å². The molecule has 20 heavy (non-hydrogen) atoms. The number of ether oxygens (including phenoxy) is 1. The summed E-state index contributed by atoms with van der Waals surface area (Å²) in [5.41, 5.74) is 1.25. The van der Waals surface area contributed by atoms with Gasteiger partial charge in [-0.1, -0.05) is 42.5 Å². The SMILES string of the molecule is Cc1cccc(OC(=O)C(C(=O)[O-])c2ccccc2)c1. The van der Waals surface area contributed by atoms with Gasteiger partial charge in [-0.15, -0.1) is 0 Å². The molecule has 0 bridgehead atoms. The van der Waals surface area contributed by atoms with Crippen molar-refractivity contribution in [1.29, 1.82) is 0 Å². The number of esters is 1. The van der Waals surface area contributed by atoms with Crippen molar-refractivity contribution < 1.29 is 19.4 Å². The Morgan fingerprint density at radius 3 is 2.35 bits per heavy atom. The van der Waals surface area contributed by atoms with Gasteiger partial charge in [-0.25, -0.2) is 0 Å². The number of aliphatic carboxylic acids is 1. The number of rotatable bonds is 4. The molecule has 0 aliphatic carbocycles. The average molecular weight is 269 g/mol. The Kier molecular flexibility index (Phi) is 4.15. The van der Waals surface area contributed by atoms with Crippen LogP contribution < -0.4 is 9.84 Å². The Morgan fingerprint density at radius 2 is 1.75 bits per heavy atom. The quantitative estimate of drug-likeness (QED) is 0.478. The largest absolute Gasteiger partial charge is 0.549 e. The Labute approximate surface area is 116 Å². The highest BCUT2D eigenvalue weighted by molar-refractivity contribution is 5.99. The number of hydrogen-bond donors (Lipinski definition) is 0. The lowest BCUT2D eigenvalue weighted by molar-refractivity contribution is -0.307. The van der Waals surface area contributed by atoms with E-state index >= 15 is 0 Å². The van der Waals surface area contributed by atoms with Crippen molar-refractivity contribution in [3.8, 4) is 5.75 Å². The summed E-state index contributed by atoms with van der Waals surface area (Å²) in [6.45, 7) is 1.85. The van der Waals surface area contributed by atoms with Gasteiger partial charge in [0.2, 0.25) is 0 Å². The van der Waals surface area contributed by atoms with Crippen molar-refractivity contribution in [1.82, 2.24) is 0 Å². The van der Waals surface area contributed by atoms with E-state index in [1.165, 1.54) is 0 Å². The maximum Gasteiger partial charge on any atom is 0.324 e. The van der Waals surface area contributed by atoms with Gasteiger partial charge in [0.1, 0.15) is 11.7 Å². The second-order valence-corrected chi connectivity index (χ2v) is 4.40. The molecule has 4 nitrogen and oxygen atoms in total. The van der Waals surface area contributed by atoms with Gasteiger partial charge in [-0.3, -0.25) is 4.79 Å². The smallest absolute Gasteiger partial charge is 0.324 e. The van der Waals surface area contributed by atoms with Crippen LogP contribution in [0.3, 0.4) is 0 Å². The summed E-state index contributed by atoms with van der Waals surface area (Å²) in [6, 6.07) is 15.0. The highest BCUT2D eigenvalue weighted by atomic mass is 16.5.